The van der Waals surface area contributed by atoms with Gasteiger partial charge in [-0.2, -0.15) is 0 Å². The third kappa shape index (κ3) is 5.43. The molecule has 1 aromatic rings. The fraction of sp³-hybridized carbons (Fsp3) is 0.529. The highest BCUT2D eigenvalue weighted by Gasteiger charge is 2.32. The van der Waals surface area contributed by atoms with E-state index in [1.165, 1.54) is 6.07 Å². The zero-order chi connectivity index (χ0) is 18.6. The van der Waals surface area contributed by atoms with E-state index in [1.807, 2.05) is 20.8 Å². The van der Waals surface area contributed by atoms with Gasteiger partial charge in [0, 0.05) is 12.1 Å². The lowest BCUT2D eigenvalue weighted by Gasteiger charge is -2.17. The van der Waals surface area contributed by atoms with Gasteiger partial charge in [-0.05, 0) is 36.9 Å². The summed E-state index contributed by atoms with van der Waals surface area (Å²) < 4.78 is 26.8. The molecule has 2 atom stereocenters. The molecular formula is C17H27ClN4O3S. The smallest absolute Gasteiger partial charge is 0.263 e. The minimum atomic E-state index is -3.61. The van der Waals surface area contributed by atoms with E-state index >= 15 is 0 Å². The fourth-order valence-electron chi connectivity index (χ4n) is 2.53. The van der Waals surface area contributed by atoms with Crippen LogP contribution in [-0.4, -0.2) is 39.3 Å². The monoisotopic (exact) mass is 402 g/mol. The van der Waals surface area contributed by atoms with Gasteiger partial charge in [-0.1, -0.05) is 32.9 Å². The van der Waals surface area contributed by atoms with Crippen LogP contribution >= 0.6 is 12.4 Å². The predicted molar refractivity (Wildman–Crippen MR) is 105 cm³/mol. The average molecular weight is 403 g/mol. The Morgan fingerprint density at radius 2 is 1.92 bits per heavy atom. The van der Waals surface area contributed by atoms with Gasteiger partial charge < -0.3 is 11.1 Å². The number of fused-ring (bicyclic) bond motifs is 1. The van der Waals surface area contributed by atoms with E-state index in [-0.39, 0.29) is 40.9 Å². The third-order valence-corrected chi connectivity index (χ3v) is 5.37. The number of hydrogen-bond acceptors (Lipinski definition) is 5. The summed E-state index contributed by atoms with van der Waals surface area (Å²) in [6.45, 7) is 6.89. The summed E-state index contributed by atoms with van der Waals surface area (Å²) in [5, 5.41) is 2.85. The second-order valence-corrected chi connectivity index (χ2v) is 8.46. The van der Waals surface area contributed by atoms with Crippen LogP contribution in [0.15, 0.2) is 34.2 Å². The summed E-state index contributed by atoms with van der Waals surface area (Å²) >= 11 is 0. The molecule has 7 nitrogen and oxygen atoms in total. The summed E-state index contributed by atoms with van der Waals surface area (Å²) in [6, 6.07) is 5.96. The first-order chi connectivity index (χ1) is 11.7. The molecule has 1 aliphatic rings. The van der Waals surface area contributed by atoms with Crippen molar-refractivity contribution in [2.75, 3.05) is 13.1 Å². The van der Waals surface area contributed by atoms with Crippen molar-refractivity contribution < 1.29 is 13.2 Å². The van der Waals surface area contributed by atoms with Crippen LogP contribution < -0.4 is 15.8 Å². The molecule has 2 unspecified atom stereocenters. The van der Waals surface area contributed by atoms with Gasteiger partial charge in [0.25, 0.3) is 10.0 Å². The van der Waals surface area contributed by atoms with Crippen molar-refractivity contribution in [1.82, 2.24) is 10.0 Å². The summed E-state index contributed by atoms with van der Waals surface area (Å²) in [5.41, 5.74) is 6.07. The first-order valence-corrected chi connectivity index (χ1v) is 9.90. The number of aliphatic imine (C=N–C) groups is 1. The first kappa shape index (κ1) is 22.4. The van der Waals surface area contributed by atoms with Gasteiger partial charge >= 0.3 is 0 Å². The molecule has 9 heteroatoms. The number of nitrogens with two attached hydrogens (primary N) is 1. The van der Waals surface area contributed by atoms with Crippen LogP contribution in [0.25, 0.3) is 0 Å². The van der Waals surface area contributed by atoms with Gasteiger partial charge in [-0.15, -0.1) is 12.4 Å². The van der Waals surface area contributed by atoms with E-state index in [2.05, 4.69) is 15.0 Å². The van der Waals surface area contributed by atoms with E-state index in [9.17, 15) is 13.2 Å². The molecule has 1 amide bonds. The Hall–Kier alpha value is -1.64. The normalized spacial score (nSPS) is 18.6. The number of hydrogen-bond donors (Lipinski definition) is 3. The third-order valence-electron chi connectivity index (χ3n) is 3.97. The van der Waals surface area contributed by atoms with E-state index in [0.29, 0.717) is 25.1 Å². The highest BCUT2D eigenvalue weighted by molar-refractivity contribution is 7.90. The maximum absolute atomic E-state index is 12.5. The number of rotatable bonds is 7. The number of amides is 1. The van der Waals surface area contributed by atoms with E-state index in [1.54, 1.807) is 18.2 Å². The average Bonchev–Trinajstić information content (AvgIpc) is 2.82. The van der Waals surface area contributed by atoms with Crippen molar-refractivity contribution in [3.63, 3.8) is 0 Å². The number of nitrogens with one attached hydrogen (secondary N) is 2. The quantitative estimate of drug-likeness (QED) is 0.637. The van der Waals surface area contributed by atoms with Crippen LogP contribution in [0.2, 0.25) is 0 Å². The molecule has 0 saturated carbocycles. The Bertz CT molecular complexity index is 765. The van der Waals surface area contributed by atoms with Gasteiger partial charge in [0.15, 0.2) is 0 Å². The molecule has 26 heavy (non-hydrogen) atoms. The van der Waals surface area contributed by atoms with E-state index in [4.69, 9.17) is 5.73 Å². The largest absolute Gasteiger partial charge is 0.354 e. The molecule has 4 N–H and O–H groups in total. The Labute approximate surface area is 161 Å². The number of carbonyl (C=O) groups excluding carboxylic acids is 1. The number of benzene rings is 1. The molecule has 0 fully saturated rings. The molecule has 0 saturated heterocycles. The van der Waals surface area contributed by atoms with Gasteiger partial charge in [-0.3, -0.25) is 14.5 Å². The van der Waals surface area contributed by atoms with Gasteiger partial charge in [0.1, 0.15) is 11.9 Å². The van der Waals surface area contributed by atoms with Crippen molar-refractivity contribution in [2.24, 2.45) is 22.6 Å². The Morgan fingerprint density at radius 1 is 1.27 bits per heavy atom. The maximum Gasteiger partial charge on any atom is 0.263 e. The van der Waals surface area contributed by atoms with Crippen LogP contribution in [0.4, 0.5) is 0 Å². The van der Waals surface area contributed by atoms with Gasteiger partial charge in [0.05, 0.1) is 4.90 Å². The standard InChI is InChI=1S/C17H26N4O3S.ClH/c1-11(2)8-14(17(22)19-10-12(3)9-18)20-16-13-6-4-5-7-15(13)25(23,24)21-16;/h4-7,11-12,14H,8-10,18H2,1-3H3,(H,19,22)(H,20,21);1H. The Balaban J connectivity index is 0.00000338. The predicted octanol–water partition coefficient (Wildman–Crippen LogP) is 1.27. The molecule has 0 spiro atoms. The molecule has 1 aromatic carbocycles. The number of sulfonamides is 1. The minimum absolute atomic E-state index is 0. The second kappa shape index (κ2) is 9.34. The summed E-state index contributed by atoms with van der Waals surface area (Å²) in [5.74, 6) is 0.413. The molecule has 146 valence electrons. The van der Waals surface area contributed by atoms with Crippen LogP contribution in [-0.2, 0) is 14.8 Å². The SMILES string of the molecule is CC(C)CC(N=C1NS(=O)(=O)c2ccccc21)C(=O)NCC(C)CN.Cl. The molecule has 1 aliphatic heterocycles. The highest BCUT2D eigenvalue weighted by Crippen LogP contribution is 2.23. The summed E-state index contributed by atoms with van der Waals surface area (Å²) in [4.78, 5) is 17.2. The van der Waals surface area contributed by atoms with Crippen LogP contribution in [0.5, 0.6) is 0 Å². The number of halogens is 1. The molecule has 0 radical (unpaired) electrons. The lowest BCUT2D eigenvalue weighted by Crippen LogP contribution is -2.39. The van der Waals surface area contributed by atoms with Crippen molar-refractivity contribution >= 4 is 34.2 Å². The van der Waals surface area contributed by atoms with Crippen LogP contribution in [0, 0.1) is 11.8 Å². The minimum Gasteiger partial charge on any atom is -0.354 e. The van der Waals surface area contributed by atoms with Gasteiger partial charge in [0.2, 0.25) is 5.91 Å². The number of amidine groups is 1. The van der Waals surface area contributed by atoms with Crippen molar-refractivity contribution in [2.45, 2.75) is 38.1 Å². The molecule has 0 aliphatic carbocycles. The number of carbonyl (C=O) groups is 1. The van der Waals surface area contributed by atoms with E-state index in [0.717, 1.165) is 0 Å². The highest BCUT2D eigenvalue weighted by atomic mass is 35.5. The topological polar surface area (TPSA) is 114 Å². The zero-order valence-electron chi connectivity index (χ0n) is 15.2. The van der Waals surface area contributed by atoms with Crippen molar-refractivity contribution in [3.8, 4) is 0 Å². The van der Waals surface area contributed by atoms with Gasteiger partial charge in [-0.25, -0.2) is 8.42 Å². The fourth-order valence-corrected chi connectivity index (χ4v) is 3.77. The molecular weight excluding hydrogens is 376 g/mol. The van der Waals surface area contributed by atoms with Crippen molar-refractivity contribution in [3.05, 3.63) is 29.8 Å². The summed E-state index contributed by atoms with van der Waals surface area (Å²) in [7, 11) is -3.61. The van der Waals surface area contributed by atoms with Crippen molar-refractivity contribution in [1.29, 1.82) is 0 Å². The van der Waals surface area contributed by atoms with Crippen LogP contribution in [0.1, 0.15) is 32.8 Å². The lowest BCUT2D eigenvalue weighted by atomic mass is 10.0. The molecule has 1 heterocycles. The summed E-state index contributed by atoms with van der Waals surface area (Å²) in [6.07, 6.45) is 0.524. The zero-order valence-corrected chi connectivity index (χ0v) is 16.9. The number of nitrogens with zero attached hydrogens (tertiary/aromatic N) is 1. The first-order valence-electron chi connectivity index (χ1n) is 8.42. The molecule has 2 rings (SSSR count). The maximum atomic E-state index is 12.5. The molecule has 0 bridgehead atoms. The van der Waals surface area contributed by atoms with E-state index < -0.39 is 16.1 Å². The Kier molecular flexibility index (Phi) is 8.05. The van der Waals surface area contributed by atoms with Crippen LogP contribution in [0.3, 0.4) is 0 Å². The Morgan fingerprint density at radius 3 is 2.54 bits per heavy atom. The second-order valence-electron chi connectivity index (χ2n) is 6.81. The molecule has 0 aromatic heterocycles. The lowest BCUT2D eigenvalue weighted by molar-refractivity contribution is -0.122.